The van der Waals surface area contributed by atoms with Gasteiger partial charge in [0.05, 0.1) is 13.7 Å². The summed E-state index contributed by atoms with van der Waals surface area (Å²) < 4.78 is 15.8. The Morgan fingerprint density at radius 2 is 2.05 bits per heavy atom. The number of hydrogen-bond donors (Lipinski definition) is 2. The highest BCUT2D eigenvalue weighted by molar-refractivity contribution is 5.95. The van der Waals surface area contributed by atoms with Crippen LogP contribution in [0.5, 0.6) is 11.5 Å². The minimum atomic E-state index is -1.04. The van der Waals surface area contributed by atoms with Gasteiger partial charge in [-0.05, 0) is 31.9 Å². The molecule has 0 aliphatic carbocycles. The monoisotopic (exact) mass is 309 g/mol. The first-order chi connectivity index (χ1) is 10.5. The maximum absolute atomic E-state index is 12.1. The molecule has 0 saturated carbocycles. The van der Waals surface area contributed by atoms with Crippen molar-refractivity contribution in [3.05, 3.63) is 18.2 Å². The molecular weight excluding hydrogens is 290 g/mol. The second-order valence-electron chi connectivity index (χ2n) is 4.82. The molecular formula is C15H19NO6. The molecule has 7 heteroatoms. The molecule has 0 spiro atoms. The number of benzene rings is 1. The number of carbonyl (C=O) groups excluding carboxylic acids is 1. The smallest absolute Gasteiger partial charge is 0.332 e. The zero-order chi connectivity index (χ0) is 16.1. The predicted molar refractivity (Wildman–Crippen MR) is 78.3 cm³/mol. The van der Waals surface area contributed by atoms with Gasteiger partial charge in [0.1, 0.15) is 6.10 Å². The molecule has 2 N–H and O–H groups in total. The van der Waals surface area contributed by atoms with Crippen LogP contribution < -0.4 is 14.8 Å². The number of nitrogens with one attached hydrogen (secondary N) is 1. The van der Waals surface area contributed by atoms with E-state index in [2.05, 4.69) is 5.32 Å². The molecule has 1 aromatic rings. The van der Waals surface area contributed by atoms with Gasteiger partial charge in [0.15, 0.2) is 17.6 Å². The number of amides is 1. The van der Waals surface area contributed by atoms with Crippen molar-refractivity contribution >= 4 is 17.6 Å². The van der Waals surface area contributed by atoms with Gasteiger partial charge in [-0.15, -0.1) is 0 Å². The Kier molecular flexibility index (Phi) is 5.21. The fourth-order valence-electron chi connectivity index (χ4n) is 2.25. The van der Waals surface area contributed by atoms with Crippen LogP contribution in [0.3, 0.4) is 0 Å². The highest BCUT2D eigenvalue weighted by atomic mass is 16.5. The van der Waals surface area contributed by atoms with Crippen molar-refractivity contribution in [2.24, 2.45) is 0 Å². The summed E-state index contributed by atoms with van der Waals surface area (Å²) in [4.78, 5) is 22.9. The molecule has 1 aromatic carbocycles. The zero-order valence-corrected chi connectivity index (χ0v) is 12.5. The van der Waals surface area contributed by atoms with Crippen molar-refractivity contribution in [1.82, 2.24) is 0 Å². The molecule has 0 radical (unpaired) electrons. The van der Waals surface area contributed by atoms with E-state index in [1.807, 2.05) is 6.92 Å². The lowest BCUT2D eigenvalue weighted by molar-refractivity contribution is -0.150. The van der Waals surface area contributed by atoms with E-state index < -0.39 is 18.2 Å². The summed E-state index contributed by atoms with van der Waals surface area (Å²) >= 11 is 0. The Balaban J connectivity index is 2.01. The minimum Gasteiger partial charge on any atom is -0.493 e. The van der Waals surface area contributed by atoms with Crippen LogP contribution in [-0.2, 0) is 14.3 Å². The maximum Gasteiger partial charge on any atom is 0.332 e. The van der Waals surface area contributed by atoms with E-state index in [1.54, 1.807) is 18.2 Å². The summed E-state index contributed by atoms with van der Waals surface area (Å²) in [6.07, 6.45) is -0.943. The fourth-order valence-corrected chi connectivity index (χ4v) is 2.25. The summed E-state index contributed by atoms with van der Waals surface area (Å²) in [5.41, 5.74) is 0.535. The van der Waals surface area contributed by atoms with E-state index >= 15 is 0 Å². The topological polar surface area (TPSA) is 94.1 Å². The molecule has 1 aliphatic rings. The first-order valence-electron chi connectivity index (χ1n) is 7.05. The van der Waals surface area contributed by atoms with Crippen LogP contribution in [0.1, 0.15) is 19.8 Å². The quantitative estimate of drug-likeness (QED) is 0.830. The van der Waals surface area contributed by atoms with Crippen LogP contribution in [0.4, 0.5) is 5.69 Å². The van der Waals surface area contributed by atoms with E-state index in [9.17, 15) is 9.59 Å². The Labute approximate surface area is 128 Å². The lowest BCUT2D eigenvalue weighted by atomic mass is 10.2. The van der Waals surface area contributed by atoms with Gasteiger partial charge in [0, 0.05) is 11.8 Å². The van der Waals surface area contributed by atoms with Crippen LogP contribution in [-0.4, -0.2) is 42.9 Å². The molecule has 0 aromatic heterocycles. The normalized spacial score (nSPS) is 20.5. The van der Waals surface area contributed by atoms with Gasteiger partial charge < -0.3 is 24.6 Å². The molecule has 22 heavy (non-hydrogen) atoms. The standard InChI is InChI=1S/C15H19NO6/c1-3-21-10-5-4-9(8-13(10)20-2)16-14(17)11-6-7-12(22-11)15(18)19/h4-5,8,11-12H,3,6-7H2,1-2H3,(H,16,17)(H,18,19)/t11-,12+/m0/s1. The van der Waals surface area contributed by atoms with E-state index in [0.29, 0.717) is 36.6 Å². The Morgan fingerprint density at radius 3 is 2.64 bits per heavy atom. The van der Waals surface area contributed by atoms with Gasteiger partial charge in [-0.2, -0.15) is 0 Å². The largest absolute Gasteiger partial charge is 0.493 e. The van der Waals surface area contributed by atoms with Gasteiger partial charge >= 0.3 is 5.97 Å². The number of carboxylic acid groups (broad SMARTS) is 1. The zero-order valence-electron chi connectivity index (χ0n) is 12.5. The van der Waals surface area contributed by atoms with Crippen LogP contribution in [0, 0.1) is 0 Å². The molecule has 0 unspecified atom stereocenters. The van der Waals surface area contributed by atoms with Gasteiger partial charge in [-0.1, -0.05) is 0 Å². The van der Waals surface area contributed by atoms with Crippen LogP contribution in [0.15, 0.2) is 18.2 Å². The lowest BCUT2D eigenvalue weighted by Crippen LogP contribution is -2.29. The number of carbonyl (C=O) groups is 2. The average Bonchev–Trinajstić information content (AvgIpc) is 2.99. The molecule has 1 fully saturated rings. The van der Waals surface area contributed by atoms with Crippen LogP contribution >= 0.6 is 0 Å². The number of hydrogen-bond acceptors (Lipinski definition) is 5. The van der Waals surface area contributed by atoms with E-state index in [0.717, 1.165) is 0 Å². The molecule has 1 saturated heterocycles. The SMILES string of the molecule is CCOc1ccc(NC(=O)[C@@H]2CC[C@H](C(=O)O)O2)cc1OC. The summed E-state index contributed by atoms with van der Waals surface area (Å²) in [6.45, 7) is 2.37. The number of carboxylic acids is 1. The molecule has 0 bridgehead atoms. The summed E-state index contributed by atoms with van der Waals surface area (Å²) in [6, 6.07) is 5.04. The van der Waals surface area contributed by atoms with E-state index in [-0.39, 0.29) is 5.91 Å². The Hall–Kier alpha value is -2.28. The first-order valence-corrected chi connectivity index (χ1v) is 7.05. The molecule has 2 atom stereocenters. The maximum atomic E-state index is 12.1. The van der Waals surface area contributed by atoms with Crippen molar-refractivity contribution in [2.75, 3.05) is 19.0 Å². The Morgan fingerprint density at radius 1 is 1.32 bits per heavy atom. The number of rotatable bonds is 6. The second kappa shape index (κ2) is 7.13. The number of ether oxygens (including phenoxy) is 3. The molecule has 1 aliphatic heterocycles. The highest BCUT2D eigenvalue weighted by Crippen LogP contribution is 2.30. The molecule has 1 amide bonds. The second-order valence-corrected chi connectivity index (χ2v) is 4.82. The fraction of sp³-hybridized carbons (Fsp3) is 0.467. The molecule has 7 nitrogen and oxygen atoms in total. The van der Waals surface area contributed by atoms with Gasteiger partial charge in [0.2, 0.25) is 0 Å². The van der Waals surface area contributed by atoms with E-state index in [4.69, 9.17) is 19.3 Å². The number of anilines is 1. The van der Waals surface area contributed by atoms with Crippen molar-refractivity contribution in [1.29, 1.82) is 0 Å². The van der Waals surface area contributed by atoms with Gasteiger partial charge in [0.25, 0.3) is 5.91 Å². The third-order valence-corrected chi connectivity index (χ3v) is 3.32. The molecule has 1 heterocycles. The predicted octanol–water partition coefficient (Wildman–Crippen LogP) is 1.66. The van der Waals surface area contributed by atoms with Crippen molar-refractivity contribution in [3.63, 3.8) is 0 Å². The third-order valence-electron chi connectivity index (χ3n) is 3.32. The van der Waals surface area contributed by atoms with Crippen LogP contribution in [0.2, 0.25) is 0 Å². The molecule has 120 valence electrons. The van der Waals surface area contributed by atoms with Crippen LogP contribution in [0.25, 0.3) is 0 Å². The summed E-state index contributed by atoms with van der Waals surface area (Å²) in [5, 5.41) is 11.6. The number of methoxy groups -OCH3 is 1. The number of aliphatic carboxylic acids is 1. The summed E-state index contributed by atoms with van der Waals surface area (Å²) in [7, 11) is 1.51. The highest BCUT2D eigenvalue weighted by Gasteiger charge is 2.34. The van der Waals surface area contributed by atoms with Crippen molar-refractivity contribution in [3.8, 4) is 11.5 Å². The van der Waals surface area contributed by atoms with E-state index in [1.165, 1.54) is 7.11 Å². The van der Waals surface area contributed by atoms with Gasteiger partial charge in [-0.25, -0.2) is 4.79 Å². The van der Waals surface area contributed by atoms with Gasteiger partial charge in [-0.3, -0.25) is 4.79 Å². The van der Waals surface area contributed by atoms with Crippen molar-refractivity contribution < 1.29 is 28.9 Å². The Bertz CT molecular complexity index is 559. The average molecular weight is 309 g/mol. The van der Waals surface area contributed by atoms with Crippen molar-refractivity contribution in [2.45, 2.75) is 32.0 Å². The third kappa shape index (κ3) is 3.67. The minimum absolute atomic E-state index is 0.333. The summed E-state index contributed by atoms with van der Waals surface area (Å²) in [5.74, 6) is -0.311. The lowest BCUT2D eigenvalue weighted by Gasteiger charge is -2.14. The first kappa shape index (κ1) is 16.1. The molecule has 2 rings (SSSR count).